The summed E-state index contributed by atoms with van der Waals surface area (Å²) in [7, 11) is 0.917. The van der Waals surface area contributed by atoms with Crippen molar-refractivity contribution in [2.75, 3.05) is 56.1 Å². The van der Waals surface area contributed by atoms with Crippen molar-refractivity contribution in [1.29, 1.82) is 0 Å². The summed E-state index contributed by atoms with van der Waals surface area (Å²) < 4.78 is 24.2. The first-order valence-corrected chi connectivity index (χ1v) is 17.8. The third-order valence-electron chi connectivity index (χ3n) is 7.54. The van der Waals surface area contributed by atoms with Crippen LogP contribution in [-0.4, -0.2) is 73.2 Å². The number of ether oxygens (including phenoxy) is 2. The lowest BCUT2D eigenvalue weighted by Crippen LogP contribution is -2.47. The van der Waals surface area contributed by atoms with Gasteiger partial charge in [-0.25, -0.2) is 9.78 Å². The predicted molar refractivity (Wildman–Crippen MR) is 181 cm³/mol. The second-order valence-electron chi connectivity index (χ2n) is 12.4. The number of rotatable bonds is 9. The van der Waals surface area contributed by atoms with Crippen LogP contribution in [-0.2, 0) is 15.7 Å². The zero-order valence-electron chi connectivity index (χ0n) is 26.9. The van der Waals surface area contributed by atoms with Crippen LogP contribution in [0, 0.1) is 0 Å². The van der Waals surface area contributed by atoms with Gasteiger partial charge < -0.3 is 34.5 Å². The minimum atomic E-state index is -2.54. The fourth-order valence-electron chi connectivity index (χ4n) is 5.25. The summed E-state index contributed by atoms with van der Waals surface area (Å²) in [5, 5.41) is 7.60. The van der Waals surface area contributed by atoms with Gasteiger partial charge in [0.2, 0.25) is 5.95 Å². The molecule has 2 heterocycles. The number of anilines is 5. The van der Waals surface area contributed by atoms with Gasteiger partial charge in [-0.05, 0) is 77.1 Å². The molecule has 1 aliphatic rings. The molecule has 1 aromatic heterocycles. The van der Waals surface area contributed by atoms with Gasteiger partial charge in [0.05, 0.1) is 24.7 Å². The first-order chi connectivity index (χ1) is 20.7. The molecule has 3 aromatic rings. The number of nitrogens with one attached hydrogen (secondary N) is 2. The summed E-state index contributed by atoms with van der Waals surface area (Å²) in [6, 6.07) is 11.7. The van der Waals surface area contributed by atoms with Crippen LogP contribution in [0.4, 0.5) is 33.6 Å². The monoisotopic (exact) mass is 642 g/mol. The number of halogens is 1. The van der Waals surface area contributed by atoms with E-state index in [1.165, 1.54) is 6.20 Å². The highest BCUT2D eigenvalue weighted by Gasteiger charge is 2.29. The maximum Gasteiger partial charge on any atom is 0.410 e. The molecule has 0 saturated carbocycles. The highest BCUT2D eigenvalue weighted by atomic mass is 35.5. The van der Waals surface area contributed by atoms with E-state index in [1.54, 1.807) is 25.3 Å². The lowest BCUT2D eigenvalue weighted by molar-refractivity contribution is 0.0201. The molecular weight excluding hydrogens is 599 g/mol. The van der Waals surface area contributed by atoms with Gasteiger partial charge in [0.15, 0.2) is 5.82 Å². The van der Waals surface area contributed by atoms with Crippen molar-refractivity contribution in [3.8, 4) is 5.75 Å². The van der Waals surface area contributed by atoms with E-state index in [-0.39, 0.29) is 12.1 Å². The van der Waals surface area contributed by atoms with Crippen molar-refractivity contribution >= 4 is 59.0 Å². The molecule has 4 rings (SSSR count). The van der Waals surface area contributed by atoms with Gasteiger partial charge in [0.25, 0.3) is 0 Å². The van der Waals surface area contributed by atoms with Crippen molar-refractivity contribution in [1.82, 2.24) is 14.9 Å². The molecule has 1 aliphatic heterocycles. The number of aromatic nitrogens is 2. The van der Waals surface area contributed by atoms with E-state index in [0.29, 0.717) is 28.2 Å². The normalized spacial score (nSPS) is 14.2. The minimum Gasteiger partial charge on any atom is -0.494 e. The molecule has 1 fully saturated rings. The second-order valence-corrected chi connectivity index (χ2v) is 15.9. The van der Waals surface area contributed by atoms with Gasteiger partial charge in [0, 0.05) is 43.2 Å². The zero-order valence-corrected chi connectivity index (χ0v) is 28.6. The van der Waals surface area contributed by atoms with E-state index < -0.39 is 12.7 Å². The predicted octanol–water partition coefficient (Wildman–Crippen LogP) is 7.27. The molecule has 238 valence electrons. The van der Waals surface area contributed by atoms with Crippen LogP contribution < -0.4 is 25.6 Å². The van der Waals surface area contributed by atoms with Gasteiger partial charge in [-0.2, -0.15) is 4.98 Å². The average Bonchev–Trinajstić information content (AvgIpc) is 2.97. The Balaban J connectivity index is 1.52. The Morgan fingerprint density at radius 3 is 2.43 bits per heavy atom. The number of piperidine rings is 1. The Morgan fingerprint density at radius 1 is 1.14 bits per heavy atom. The van der Waals surface area contributed by atoms with Crippen LogP contribution in [0.25, 0.3) is 0 Å². The van der Waals surface area contributed by atoms with Crippen molar-refractivity contribution < 1.29 is 18.8 Å². The number of hydrogen-bond acceptors (Lipinski definition) is 9. The van der Waals surface area contributed by atoms with Crippen molar-refractivity contribution in [2.45, 2.75) is 58.6 Å². The first-order valence-electron chi connectivity index (χ1n) is 14.8. The van der Waals surface area contributed by atoms with Crippen LogP contribution in [0.3, 0.4) is 0 Å². The molecule has 0 spiro atoms. The lowest BCUT2D eigenvalue weighted by Gasteiger charge is -2.39. The van der Waals surface area contributed by atoms with Crippen LogP contribution in [0.2, 0.25) is 5.02 Å². The summed E-state index contributed by atoms with van der Waals surface area (Å²) in [6.07, 6.45) is 3.73. The molecule has 0 atom stereocenters. The zero-order chi connectivity index (χ0) is 32.2. The highest BCUT2D eigenvalue weighted by molar-refractivity contribution is 7.70. The smallest absolute Gasteiger partial charge is 0.410 e. The molecule has 10 nitrogen and oxygen atoms in total. The van der Waals surface area contributed by atoms with E-state index in [0.717, 1.165) is 54.6 Å². The highest BCUT2D eigenvalue weighted by Crippen LogP contribution is 2.39. The second kappa shape index (κ2) is 13.7. The molecule has 2 aromatic carbocycles. The molecule has 2 N–H and O–H groups in total. The maximum absolute atomic E-state index is 12.9. The molecule has 1 saturated heterocycles. The number of aryl methyl sites for hydroxylation is 1. The fourth-order valence-corrected chi connectivity index (χ4v) is 6.54. The Morgan fingerprint density at radius 2 is 1.82 bits per heavy atom. The first kappa shape index (κ1) is 33.4. The molecule has 1 amide bonds. The number of methoxy groups -OCH3 is 1. The summed E-state index contributed by atoms with van der Waals surface area (Å²) >= 11 is 6.46. The quantitative estimate of drug-likeness (QED) is 0.233. The van der Waals surface area contributed by atoms with Gasteiger partial charge in [-0.1, -0.05) is 30.7 Å². The van der Waals surface area contributed by atoms with Crippen LogP contribution in [0.15, 0.2) is 42.6 Å². The molecule has 44 heavy (non-hydrogen) atoms. The van der Waals surface area contributed by atoms with Crippen molar-refractivity contribution in [2.24, 2.45) is 0 Å². The van der Waals surface area contributed by atoms with Gasteiger partial charge in [-0.3, -0.25) is 0 Å². The van der Waals surface area contributed by atoms with E-state index in [1.807, 2.05) is 58.2 Å². The molecule has 0 radical (unpaired) electrons. The van der Waals surface area contributed by atoms with Crippen molar-refractivity contribution in [3.05, 3.63) is 53.2 Å². The Kier molecular flexibility index (Phi) is 10.4. The Labute approximate surface area is 265 Å². The van der Waals surface area contributed by atoms with E-state index in [9.17, 15) is 9.36 Å². The number of para-hydroxylation sites is 1. The van der Waals surface area contributed by atoms with E-state index >= 15 is 0 Å². The molecule has 0 unspecified atom stereocenters. The summed E-state index contributed by atoms with van der Waals surface area (Å²) in [5.41, 5.74) is 3.14. The third-order valence-corrected chi connectivity index (χ3v) is 9.37. The van der Waals surface area contributed by atoms with Gasteiger partial charge in [-0.15, -0.1) is 0 Å². The summed E-state index contributed by atoms with van der Waals surface area (Å²) in [4.78, 5) is 25.7. The van der Waals surface area contributed by atoms with E-state index in [2.05, 4.69) is 38.5 Å². The largest absolute Gasteiger partial charge is 0.494 e. The minimum absolute atomic E-state index is 0.118. The Hall–Kier alpha value is -3.49. The van der Waals surface area contributed by atoms with Gasteiger partial charge >= 0.3 is 6.09 Å². The maximum atomic E-state index is 12.9. The topological polar surface area (TPSA) is 109 Å². The molecule has 0 aliphatic carbocycles. The number of carbonyl (C=O) groups is 1. The van der Waals surface area contributed by atoms with Gasteiger partial charge in [0.1, 0.15) is 23.5 Å². The molecule has 12 heteroatoms. The Bertz CT molecular complexity index is 1530. The number of amides is 1. The fraction of sp³-hybridized carbons (Fsp3) is 0.469. The van der Waals surface area contributed by atoms with Crippen molar-refractivity contribution in [3.63, 3.8) is 0 Å². The summed E-state index contributed by atoms with van der Waals surface area (Å²) in [6.45, 7) is 12.8. The number of carbonyl (C=O) groups excluding carboxylic acids is 1. The van der Waals surface area contributed by atoms with Crippen LogP contribution in [0.1, 0.15) is 46.1 Å². The molecular formula is C32H44ClN6O4P. The molecule has 0 bridgehead atoms. The third kappa shape index (κ3) is 8.16. The van der Waals surface area contributed by atoms with Crippen LogP contribution >= 0.6 is 18.7 Å². The number of benzene rings is 2. The van der Waals surface area contributed by atoms with Crippen LogP contribution in [0.5, 0.6) is 5.75 Å². The lowest BCUT2D eigenvalue weighted by atomic mass is 10.0. The summed E-state index contributed by atoms with van der Waals surface area (Å²) in [5.74, 6) is 1.39. The average molecular weight is 643 g/mol. The number of hydrogen-bond donors (Lipinski definition) is 2. The van der Waals surface area contributed by atoms with E-state index in [4.69, 9.17) is 21.1 Å². The SMILES string of the molecule is CCc1cc(Nc2ncc(Cl)c(Nc3ccccc3P(C)(C)=O)n2)c(OC)cc1N1CCC(N(C)C(=O)OC(C)(C)C)CC1. The number of nitrogens with zero attached hydrogens (tertiary/aromatic N) is 4. The standard InChI is InChI=1S/C32H44ClN6O4P/c1-9-21-18-25(36-30-34-20-23(33)29(37-30)35-24-12-10-11-13-28(24)44(7,8)41)27(42-6)19-26(21)39-16-14-22(15-17-39)38(5)31(40)43-32(2,3)4/h10-13,18-20,22H,9,14-17H2,1-8H3,(H2,34,35,36,37).